The second-order valence-electron chi connectivity index (χ2n) is 9.47. The van der Waals surface area contributed by atoms with Crippen molar-refractivity contribution in [3.8, 4) is 0 Å². The van der Waals surface area contributed by atoms with Crippen molar-refractivity contribution in [2.45, 2.75) is 51.5 Å². The minimum absolute atomic E-state index is 0.0372. The maximum Gasteiger partial charge on any atom is 0.224 e. The predicted molar refractivity (Wildman–Crippen MR) is 107 cm³/mol. The molecule has 3 rings (SSSR count). The zero-order chi connectivity index (χ0) is 19.9. The molecule has 1 aliphatic carbocycles. The third-order valence-electron chi connectivity index (χ3n) is 6.96. The summed E-state index contributed by atoms with van der Waals surface area (Å²) in [5.41, 5.74) is 6.27. The Kier molecular flexibility index (Phi) is 5.10. The largest absolute Gasteiger partial charge is 0.369 e. The Morgan fingerprint density at radius 2 is 1.74 bits per heavy atom. The van der Waals surface area contributed by atoms with E-state index in [9.17, 15) is 9.59 Å². The quantitative estimate of drug-likeness (QED) is 0.865. The molecule has 1 saturated heterocycles. The maximum absolute atomic E-state index is 12.7. The van der Waals surface area contributed by atoms with E-state index < -0.39 is 5.41 Å². The van der Waals surface area contributed by atoms with Crippen molar-refractivity contribution >= 4 is 11.8 Å². The Labute approximate surface area is 162 Å². The highest BCUT2D eigenvalue weighted by Crippen LogP contribution is 2.52. The number of nitrogens with zero attached hydrogens (tertiary/aromatic N) is 2. The third kappa shape index (κ3) is 3.62. The van der Waals surface area contributed by atoms with E-state index in [1.165, 1.54) is 5.56 Å². The van der Waals surface area contributed by atoms with Crippen molar-refractivity contribution in [2.75, 3.05) is 27.2 Å². The van der Waals surface area contributed by atoms with Crippen LogP contribution in [-0.2, 0) is 15.1 Å². The number of rotatable bonds is 5. The Bertz CT molecular complexity index is 704. The Morgan fingerprint density at radius 1 is 1.15 bits per heavy atom. The monoisotopic (exact) mass is 371 g/mol. The van der Waals surface area contributed by atoms with Crippen molar-refractivity contribution in [1.82, 2.24) is 9.80 Å². The summed E-state index contributed by atoms with van der Waals surface area (Å²) in [5, 5.41) is 0. The van der Waals surface area contributed by atoms with Gasteiger partial charge in [-0.1, -0.05) is 30.3 Å². The van der Waals surface area contributed by atoms with Gasteiger partial charge in [0.25, 0.3) is 0 Å². The highest BCUT2D eigenvalue weighted by Gasteiger charge is 2.50. The normalized spacial score (nSPS) is 28.9. The SMILES string of the molecule is CN(C)C1(c2ccccc2)CCC2(CC1)CC(=O)N(CC(C)(C)C(N)=O)C2. The lowest BCUT2D eigenvalue weighted by atomic mass is 9.64. The molecular weight excluding hydrogens is 338 g/mol. The van der Waals surface area contributed by atoms with Crippen molar-refractivity contribution in [1.29, 1.82) is 0 Å². The van der Waals surface area contributed by atoms with Crippen LogP contribution < -0.4 is 5.73 Å². The highest BCUT2D eigenvalue weighted by atomic mass is 16.2. The van der Waals surface area contributed by atoms with Crippen molar-refractivity contribution in [2.24, 2.45) is 16.6 Å². The minimum atomic E-state index is -0.687. The van der Waals surface area contributed by atoms with E-state index in [1.54, 1.807) is 0 Å². The number of nitrogens with two attached hydrogens (primary N) is 1. The molecule has 0 radical (unpaired) electrons. The van der Waals surface area contributed by atoms with E-state index in [0.29, 0.717) is 13.0 Å². The van der Waals surface area contributed by atoms with Gasteiger partial charge in [0.1, 0.15) is 0 Å². The summed E-state index contributed by atoms with van der Waals surface area (Å²) in [4.78, 5) is 28.6. The number of carbonyl (C=O) groups excluding carboxylic acids is 2. The van der Waals surface area contributed by atoms with Crippen LogP contribution in [0.3, 0.4) is 0 Å². The van der Waals surface area contributed by atoms with E-state index in [-0.39, 0.29) is 22.8 Å². The van der Waals surface area contributed by atoms with Crippen LogP contribution in [0.15, 0.2) is 30.3 Å². The molecule has 1 aromatic carbocycles. The number of amides is 2. The summed E-state index contributed by atoms with van der Waals surface area (Å²) in [6, 6.07) is 10.7. The first-order chi connectivity index (χ1) is 12.6. The fourth-order valence-electron chi connectivity index (χ4n) is 4.95. The smallest absolute Gasteiger partial charge is 0.224 e. The summed E-state index contributed by atoms with van der Waals surface area (Å²) in [5.74, 6) is -0.183. The number of benzene rings is 1. The maximum atomic E-state index is 12.7. The second-order valence-corrected chi connectivity index (χ2v) is 9.47. The van der Waals surface area contributed by atoms with Gasteiger partial charge in [0, 0.05) is 25.0 Å². The van der Waals surface area contributed by atoms with Gasteiger partial charge in [-0.05, 0) is 64.6 Å². The van der Waals surface area contributed by atoms with E-state index in [2.05, 4.69) is 49.3 Å². The predicted octanol–water partition coefficient (Wildman–Crippen LogP) is 2.75. The fraction of sp³-hybridized carbons (Fsp3) is 0.636. The molecule has 5 heteroatoms. The summed E-state index contributed by atoms with van der Waals surface area (Å²) in [6.07, 6.45) is 4.74. The molecule has 1 heterocycles. The average molecular weight is 372 g/mol. The Balaban J connectivity index is 1.75. The van der Waals surface area contributed by atoms with Crippen LogP contribution in [0.4, 0.5) is 0 Å². The highest BCUT2D eigenvalue weighted by molar-refractivity contribution is 5.83. The van der Waals surface area contributed by atoms with E-state index in [0.717, 1.165) is 32.2 Å². The number of carbonyl (C=O) groups is 2. The van der Waals surface area contributed by atoms with Gasteiger partial charge in [0.15, 0.2) is 0 Å². The third-order valence-corrected chi connectivity index (χ3v) is 6.96. The minimum Gasteiger partial charge on any atom is -0.369 e. The van der Waals surface area contributed by atoms with Crippen LogP contribution in [0.1, 0.15) is 51.5 Å². The van der Waals surface area contributed by atoms with Gasteiger partial charge in [-0.3, -0.25) is 14.5 Å². The van der Waals surface area contributed by atoms with Gasteiger partial charge in [-0.2, -0.15) is 0 Å². The number of hydrogen-bond acceptors (Lipinski definition) is 3. The Hall–Kier alpha value is -1.88. The summed E-state index contributed by atoms with van der Waals surface area (Å²) >= 11 is 0. The molecule has 1 saturated carbocycles. The lowest BCUT2D eigenvalue weighted by Gasteiger charge is -2.49. The molecule has 0 unspecified atom stereocenters. The van der Waals surface area contributed by atoms with E-state index >= 15 is 0 Å². The topological polar surface area (TPSA) is 66.6 Å². The molecule has 2 amide bonds. The van der Waals surface area contributed by atoms with Crippen molar-refractivity contribution in [3.63, 3.8) is 0 Å². The van der Waals surface area contributed by atoms with Gasteiger partial charge >= 0.3 is 0 Å². The molecule has 148 valence electrons. The zero-order valence-electron chi connectivity index (χ0n) is 17.1. The molecule has 2 N–H and O–H groups in total. The first-order valence-electron chi connectivity index (χ1n) is 9.91. The number of likely N-dealkylation sites (tertiary alicyclic amines) is 1. The molecule has 27 heavy (non-hydrogen) atoms. The zero-order valence-corrected chi connectivity index (χ0v) is 17.1. The van der Waals surface area contributed by atoms with E-state index in [4.69, 9.17) is 5.73 Å². The van der Waals surface area contributed by atoms with Crippen LogP contribution in [0.25, 0.3) is 0 Å². The van der Waals surface area contributed by atoms with Crippen LogP contribution in [0, 0.1) is 10.8 Å². The van der Waals surface area contributed by atoms with Crippen LogP contribution in [-0.4, -0.2) is 48.8 Å². The molecule has 2 aliphatic rings. The molecule has 1 aromatic rings. The fourth-order valence-corrected chi connectivity index (χ4v) is 4.95. The van der Waals surface area contributed by atoms with Crippen molar-refractivity contribution in [3.05, 3.63) is 35.9 Å². The molecule has 0 atom stereocenters. The summed E-state index contributed by atoms with van der Waals surface area (Å²) < 4.78 is 0. The first-order valence-corrected chi connectivity index (χ1v) is 9.91. The molecule has 2 fully saturated rings. The van der Waals surface area contributed by atoms with Gasteiger partial charge < -0.3 is 10.6 Å². The summed E-state index contributed by atoms with van der Waals surface area (Å²) in [7, 11) is 4.32. The lowest BCUT2D eigenvalue weighted by Crippen LogP contribution is -2.48. The first kappa shape index (κ1) is 19.9. The van der Waals surface area contributed by atoms with Gasteiger partial charge in [0.2, 0.25) is 11.8 Å². The second kappa shape index (κ2) is 6.93. The summed E-state index contributed by atoms with van der Waals surface area (Å²) in [6.45, 7) is 4.81. The number of hydrogen-bond donors (Lipinski definition) is 1. The van der Waals surface area contributed by atoms with Gasteiger partial charge in [-0.15, -0.1) is 0 Å². The molecule has 0 aromatic heterocycles. The molecule has 1 spiro atoms. The van der Waals surface area contributed by atoms with E-state index in [1.807, 2.05) is 18.7 Å². The number of primary amides is 1. The van der Waals surface area contributed by atoms with Crippen molar-refractivity contribution < 1.29 is 9.59 Å². The standard InChI is InChI=1S/C22H33N3O2/c1-20(2,19(23)27)15-25-16-21(14-18(25)26)10-12-22(13-11-21,24(3)4)17-8-6-5-7-9-17/h5-9H,10-16H2,1-4H3,(H2,23,27). The molecule has 5 nitrogen and oxygen atoms in total. The van der Waals surface area contributed by atoms with Crippen LogP contribution in [0.5, 0.6) is 0 Å². The van der Waals surface area contributed by atoms with Crippen LogP contribution >= 0.6 is 0 Å². The molecule has 1 aliphatic heterocycles. The van der Waals surface area contributed by atoms with Gasteiger partial charge in [0.05, 0.1) is 5.41 Å². The molecular formula is C22H33N3O2. The van der Waals surface area contributed by atoms with Crippen LogP contribution in [0.2, 0.25) is 0 Å². The molecule has 0 bridgehead atoms. The average Bonchev–Trinajstić information content (AvgIpc) is 2.91. The van der Waals surface area contributed by atoms with Gasteiger partial charge in [-0.25, -0.2) is 0 Å². The lowest BCUT2D eigenvalue weighted by molar-refractivity contribution is -0.132. The Morgan fingerprint density at radius 3 is 2.26 bits per heavy atom.